The van der Waals surface area contributed by atoms with Crippen LogP contribution in [0, 0.1) is 5.92 Å². The molecule has 1 aliphatic heterocycles. The number of nitrogens with zero attached hydrogens (tertiary/aromatic N) is 4. The normalized spacial score (nSPS) is 22.6. The molecule has 1 atom stereocenters. The van der Waals surface area contributed by atoms with Crippen LogP contribution in [0.25, 0.3) is 0 Å². The Labute approximate surface area is 141 Å². The van der Waals surface area contributed by atoms with Crippen molar-refractivity contribution in [2.24, 2.45) is 5.92 Å². The van der Waals surface area contributed by atoms with Crippen LogP contribution >= 0.6 is 0 Å². The average Bonchev–Trinajstić information content (AvgIpc) is 3.36. The van der Waals surface area contributed by atoms with Crippen molar-refractivity contribution in [3.8, 4) is 0 Å². The molecule has 2 aliphatic rings. The van der Waals surface area contributed by atoms with Crippen molar-refractivity contribution in [2.75, 3.05) is 13.1 Å². The van der Waals surface area contributed by atoms with Gasteiger partial charge in [0.2, 0.25) is 15.9 Å². The number of hydrogen-bond acceptors (Lipinski definition) is 6. The molecule has 1 saturated heterocycles. The Hall–Kier alpha value is -1.80. The molecule has 0 radical (unpaired) electrons. The minimum atomic E-state index is -3.48. The summed E-state index contributed by atoms with van der Waals surface area (Å²) in [5, 5.41) is 4.03. The first-order valence-corrected chi connectivity index (χ1v) is 9.79. The standard InChI is InChI=1S/C16H20N4O3S/c21-24(22,14-4-1-7-17-10-14)20-8-2-3-12(11-20)9-15-18-16(19-23-15)13-5-6-13/h1,4,7,10,12-13H,2-3,5-6,8-9,11H2. The summed E-state index contributed by atoms with van der Waals surface area (Å²) >= 11 is 0. The highest BCUT2D eigenvalue weighted by molar-refractivity contribution is 7.89. The molecule has 1 unspecified atom stereocenters. The van der Waals surface area contributed by atoms with Crippen LogP contribution in [0.4, 0.5) is 0 Å². The van der Waals surface area contributed by atoms with E-state index >= 15 is 0 Å². The fourth-order valence-electron chi connectivity index (χ4n) is 3.17. The van der Waals surface area contributed by atoms with E-state index in [1.165, 1.54) is 6.20 Å². The number of sulfonamides is 1. The van der Waals surface area contributed by atoms with E-state index in [2.05, 4.69) is 15.1 Å². The number of pyridine rings is 1. The van der Waals surface area contributed by atoms with Gasteiger partial charge in [0.25, 0.3) is 0 Å². The monoisotopic (exact) mass is 348 g/mol. The first kappa shape index (κ1) is 15.7. The highest BCUT2D eigenvalue weighted by Crippen LogP contribution is 2.38. The summed E-state index contributed by atoms with van der Waals surface area (Å²) in [6.45, 7) is 1.03. The van der Waals surface area contributed by atoms with E-state index in [-0.39, 0.29) is 10.8 Å². The van der Waals surface area contributed by atoms with E-state index in [4.69, 9.17) is 4.52 Å². The largest absolute Gasteiger partial charge is 0.339 e. The summed E-state index contributed by atoms with van der Waals surface area (Å²) < 4.78 is 32.3. The molecule has 0 N–H and O–H groups in total. The van der Waals surface area contributed by atoms with Crippen molar-refractivity contribution in [3.63, 3.8) is 0 Å². The topological polar surface area (TPSA) is 89.2 Å². The molecule has 0 bridgehead atoms. The van der Waals surface area contributed by atoms with Crippen LogP contribution in [-0.2, 0) is 16.4 Å². The molecule has 1 aliphatic carbocycles. The van der Waals surface area contributed by atoms with E-state index in [0.29, 0.717) is 31.3 Å². The summed E-state index contributed by atoms with van der Waals surface area (Å²) in [5.41, 5.74) is 0. The molecule has 1 saturated carbocycles. The molecule has 0 amide bonds. The minimum Gasteiger partial charge on any atom is -0.339 e. The van der Waals surface area contributed by atoms with Gasteiger partial charge in [0.1, 0.15) is 4.90 Å². The fraction of sp³-hybridized carbons (Fsp3) is 0.562. The number of hydrogen-bond donors (Lipinski definition) is 0. The molecule has 0 aromatic carbocycles. The predicted molar refractivity (Wildman–Crippen MR) is 85.7 cm³/mol. The van der Waals surface area contributed by atoms with Crippen molar-refractivity contribution < 1.29 is 12.9 Å². The third-order valence-corrected chi connectivity index (χ3v) is 6.49. The quantitative estimate of drug-likeness (QED) is 0.821. The Bertz CT molecular complexity index is 802. The van der Waals surface area contributed by atoms with E-state index in [9.17, 15) is 8.42 Å². The zero-order chi connectivity index (χ0) is 16.6. The Morgan fingerprint density at radius 2 is 2.17 bits per heavy atom. The van der Waals surface area contributed by atoms with Gasteiger partial charge in [0.05, 0.1) is 0 Å². The highest BCUT2D eigenvalue weighted by Gasteiger charge is 2.32. The molecule has 7 nitrogen and oxygen atoms in total. The maximum atomic E-state index is 12.7. The van der Waals surface area contributed by atoms with Crippen molar-refractivity contribution >= 4 is 10.0 Å². The van der Waals surface area contributed by atoms with E-state index in [0.717, 1.165) is 31.5 Å². The third kappa shape index (κ3) is 3.21. The second-order valence-corrected chi connectivity index (χ2v) is 8.52. The maximum Gasteiger partial charge on any atom is 0.244 e. The SMILES string of the molecule is O=S(=O)(c1cccnc1)N1CCCC(Cc2nc(C3CC3)no2)C1. The summed E-state index contributed by atoms with van der Waals surface area (Å²) in [6.07, 6.45) is 7.70. The Morgan fingerprint density at radius 1 is 1.29 bits per heavy atom. The van der Waals surface area contributed by atoms with Gasteiger partial charge in [-0.25, -0.2) is 8.42 Å². The summed E-state index contributed by atoms with van der Waals surface area (Å²) in [6, 6.07) is 3.23. The molecule has 3 heterocycles. The lowest BCUT2D eigenvalue weighted by Gasteiger charge is -2.31. The Balaban J connectivity index is 1.45. The van der Waals surface area contributed by atoms with Gasteiger partial charge in [0.15, 0.2) is 5.82 Å². The van der Waals surface area contributed by atoms with Crippen LogP contribution in [0.1, 0.15) is 43.3 Å². The molecule has 24 heavy (non-hydrogen) atoms. The van der Waals surface area contributed by atoms with Crippen LogP contribution in [0.2, 0.25) is 0 Å². The molecular formula is C16H20N4O3S. The van der Waals surface area contributed by atoms with Crippen molar-refractivity contribution in [1.29, 1.82) is 0 Å². The fourth-order valence-corrected chi connectivity index (χ4v) is 4.69. The predicted octanol–water partition coefficient (Wildman–Crippen LogP) is 1.99. The lowest BCUT2D eigenvalue weighted by Crippen LogP contribution is -2.40. The minimum absolute atomic E-state index is 0.206. The van der Waals surface area contributed by atoms with Crippen LogP contribution in [0.3, 0.4) is 0 Å². The molecule has 8 heteroatoms. The van der Waals surface area contributed by atoms with Crippen LogP contribution in [0.5, 0.6) is 0 Å². The van der Waals surface area contributed by atoms with Crippen molar-refractivity contribution in [1.82, 2.24) is 19.4 Å². The third-order valence-electron chi connectivity index (χ3n) is 4.64. The first-order valence-electron chi connectivity index (χ1n) is 8.35. The second kappa shape index (κ2) is 6.25. The molecule has 4 rings (SSSR count). The van der Waals surface area contributed by atoms with Crippen LogP contribution < -0.4 is 0 Å². The zero-order valence-corrected chi connectivity index (χ0v) is 14.2. The smallest absolute Gasteiger partial charge is 0.244 e. The number of piperidine rings is 1. The first-order chi connectivity index (χ1) is 11.6. The average molecular weight is 348 g/mol. The highest BCUT2D eigenvalue weighted by atomic mass is 32.2. The van der Waals surface area contributed by atoms with Crippen molar-refractivity contribution in [3.05, 3.63) is 36.2 Å². The molecule has 2 aromatic heterocycles. The van der Waals surface area contributed by atoms with Crippen LogP contribution in [0.15, 0.2) is 33.9 Å². The van der Waals surface area contributed by atoms with Gasteiger partial charge >= 0.3 is 0 Å². The van der Waals surface area contributed by atoms with E-state index < -0.39 is 10.0 Å². The molecule has 0 spiro atoms. The van der Waals surface area contributed by atoms with Gasteiger partial charge in [-0.1, -0.05) is 5.16 Å². The van der Waals surface area contributed by atoms with Gasteiger partial charge in [-0.2, -0.15) is 9.29 Å². The van der Waals surface area contributed by atoms with Gasteiger partial charge in [-0.3, -0.25) is 4.98 Å². The van der Waals surface area contributed by atoms with Gasteiger partial charge in [-0.15, -0.1) is 0 Å². The van der Waals surface area contributed by atoms with Crippen LogP contribution in [-0.4, -0.2) is 40.9 Å². The maximum absolute atomic E-state index is 12.7. The van der Waals surface area contributed by atoms with E-state index in [1.807, 2.05) is 0 Å². The second-order valence-electron chi connectivity index (χ2n) is 6.58. The lowest BCUT2D eigenvalue weighted by atomic mass is 9.96. The van der Waals surface area contributed by atoms with E-state index in [1.54, 1.807) is 22.6 Å². The summed E-state index contributed by atoms with van der Waals surface area (Å²) in [4.78, 5) is 8.62. The van der Waals surface area contributed by atoms with Gasteiger partial charge in [-0.05, 0) is 43.7 Å². The lowest BCUT2D eigenvalue weighted by molar-refractivity contribution is 0.246. The van der Waals surface area contributed by atoms with Gasteiger partial charge < -0.3 is 4.52 Å². The molecule has 2 fully saturated rings. The van der Waals surface area contributed by atoms with Gasteiger partial charge in [0, 0.05) is 37.8 Å². The number of aromatic nitrogens is 3. The molecule has 2 aromatic rings. The summed E-state index contributed by atoms with van der Waals surface area (Å²) in [7, 11) is -3.48. The molecule has 128 valence electrons. The summed E-state index contributed by atoms with van der Waals surface area (Å²) in [5.74, 6) is 2.11. The molecular weight excluding hydrogens is 328 g/mol. The van der Waals surface area contributed by atoms with Crippen molar-refractivity contribution in [2.45, 2.75) is 42.9 Å². The number of rotatable bonds is 5. The Kier molecular flexibility index (Phi) is 4.09. The zero-order valence-electron chi connectivity index (χ0n) is 13.3. The Morgan fingerprint density at radius 3 is 2.92 bits per heavy atom.